The monoisotopic (exact) mass is 379 g/mol. The predicted octanol–water partition coefficient (Wildman–Crippen LogP) is 4.96. The van der Waals surface area contributed by atoms with Crippen molar-refractivity contribution in [1.29, 1.82) is 0 Å². The zero-order valence-electron chi connectivity index (χ0n) is 12.8. The SMILES string of the molecule is Cc1cc(OCC(=O)OCc2csc(-c3ccsc3)n2)ccc1Cl. The van der Waals surface area contributed by atoms with E-state index in [2.05, 4.69) is 4.98 Å². The maximum Gasteiger partial charge on any atom is 0.344 e. The standard InChI is InChI=1S/C17H14ClNO3S2/c1-11-6-14(2-3-15(11)18)21-8-16(20)22-7-13-10-24-17(19-13)12-4-5-23-9-12/h2-6,9-10H,7-8H2,1H3. The smallest absolute Gasteiger partial charge is 0.344 e. The van der Waals surface area contributed by atoms with Gasteiger partial charge in [0.15, 0.2) is 6.61 Å². The summed E-state index contributed by atoms with van der Waals surface area (Å²) in [5, 5.41) is 7.53. The van der Waals surface area contributed by atoms with Crippen LogP contribution in [-0.2, 0) is 16.1 Å². The van der Waals surface area contributed by atoms with Crippen LogP contribution in [0.15, 0.2) is 40.4 Å². The lowest BCUT2D eigenvalue weighted by atomic mass is 10.2. The summed E-state index contributed by atoms with van der Waals surface area (Å²) in [6, 6.07) is 7.25. The van der Waals surface area contributed by atoms with Gasteiger partial charge in [-0.25, -0.2) is 9.78 Å². The highest BCUT2D eigenvalue weighted by Crippen LogP contribution is 2.26. The molecule has 2 heterocycles. The van der Waals surface area contributed by atoms with Crippen LogP contribution in [0.25, 0.3) is 10.6 Å². The van der Waals surface area contributed by atoms with Crippen molar-refractivity contribution in [2.75, 3.05) is 6.61 Å². The van der Waals surface area contributed by atoms with Crippen LogP contribution in [0.1, 0.15) is 11.3 Å². The Morgan fingerprint density at radius 1 is 1.29 bits per heavy atom. The van der Waals surface area contributed by atoms with Gasteiger partial charge in [-0.15, -0.1) is 11.3 Å². The quantitative estimate of drug-likeness (QED) is 0.568. The molecule has 0 aliphatic heterocycles. The third-order valence-corrected chi connectivity index (χ3v) is 5.23. The molecule has 0 unspecified atom stereocenters. The highest BCUT2D eigenvalue weighted by Gasteiger charge is 2.09. The van der Waals surface area contributed by atoms with Crippen molar-refractivity contribution in [2.24, 2.45) is 0 Å². The third-order valence-electron chi connectivity index (χ3n) is 3.19. The van der Waals surface area contributed by atoms with E-state index in [0.29, 0.717) is 10.8 Å². The minimum Gasteiger partial charge on any atom is -0.482 e. The Kier molecular flexibility index (Phi) is 5.50. The number of carbonyl (C=O) groups excluding carboxylic acids is 1. The molecule has 124 valence electrons. The first-order valence-corrected chi connectivity index (χ1v) is 9.33. The molecule has 0 bridgehead atoms. The molecule has 0 amide bonds. The zero-order chi connectivity index (χ0) is 16.9. The summed E-state index contributed by atoms with van der Waals surface area (Å²) in [5.74, 6) is 0.148. The van der Waals surface area contributed by atoms with Crippen LogP contribution in [0, 0.1) is 6.92 Å². The molecule has 0 saturated carbocycles. The molecule has 0 fully saturated rings. The van der Waals surface area contributed by atoms with E-state index in [0.717, 1.165) is 21.8 Å². The number of aromatic nitrogens is 1. The fourth-order valence-corrected chi connectivity index (χ4v) is 3.57. The number of nitrogens with zero attached hydrogens (tertiary/aromatic N) is 1. The Balaban J connectivity index is 1.48. The maximum atomic E-state index is 11.8. The number of benzene rings is 1. The highest BCUT2D eigenvalue weighted by atomic mass is 35.5. The van der Waals surface area contributed by atoms with Gasteiger partial charge in [0, 0.05) is 21.3 Å². The van der Waals surface area contributed by atoms with Gasteiger partial charge in [-0.05, 0) is 42.1 Å². The van der Waals surface area contributed by atoms with E-state index in [1.165, 1.54) is 11.3 Å². The summed E-state index contributed by atoms with van der Waals surface area (Å²) >= 11 is 9.10. The Labute approximate surface area is 152 Å². The number of hydrogen-bond donors (Lipinski definition) is 0. The average Bonchev–Trinajstić information content (AvgIpc) is 3.25. The van der Waals surface area contributed by atoms with E-state index in [4.69, 9.17) is 21.1 Å². The van der Waals surface area contributed by atoms with Crippen LogP contribution in [0.3, 0.4) is 0 Å². The van der Waals surface area contributed by atoms with E-state index in [1.807, 2.05) is 29.1 Å². The summed E-state index contributed by atoms with van der Waals surface area (Å²) in [4.78, 5) is 16.2. The largest absolute Gasteiger partial charge is 0.482 e. The molecular weight excluding hydrogens is 366 g/mol. The summed E-state index contributed by atoms with van der Waals surface area (Å²) in [7, 11) is 0. The summed E-state index contributed by atoms with van der Waals surface area (Å²) in [6.45, 7) is 1.87. The number of rotatable bonds is 6. The first kappa shape index (κ1) is 17.0. The van der Waals surface area contributed by atoms with Gasteiger partial charge in [0.2, 0.25) is 0 Å². The van der Waals surface area contributed by atoms with Crippen LogP contribution in [0.2, 0.25) is 5.02 Å². The Hall–Kier alpha value is -1.89. The average molecular weight is 380 g/mol. The highest BCUT2D eigenvalue weighted by molar-refractivity contribution is 7.14. The maximum absolute atomic E-state index is 11.8. The topological polar surface area (TPSA) is 48.4 Å². The molecule has 0 aliphatic rings. The van der Waals surface area contributed by atoms with Gasteiger partial charge in [0.25, 0.3) is 0 Å². The van der Waals surface area contributed by atoms with E-state index in [-0.39, 0.29) is 13.2 Å². The Bertz CT molecular complexity index is 830. The minimum absolute atomic E-state index is 0.141. The van der Waals surface area contributed by atoms with Gasteiger partial charge in [-0.2, -0.15) is 11.3 Å². The van der Waals surface area contributed by atoms with Crippen LogP contribution in [0.5, 0.6) is 5.75 Å². The van der Waals surface area contributed by atoms with Crippen LogP contribution in [-0.4, -0.2) is 17.6 Å². The molecule has 0 atom stereocenters. The summed E-state index contributed by atoms with van der Waals surface area (Å²) in [5.41, 5.74) is 2.71. The lowest BCUT2D eigenvalue weighted by Gasteiger charge is -2.07. The number of thiophene rings is 1. The van der Waals surface area contributed by atoms with Gasteiger partial charge in [0.1, 0.15) is 17.4 Å². The summed E-state index contributed by atoms with van der Waals surface area (Å²) in [6.07, 6.45) is 0. The second-order valence-electron chi connectivity index (χ2n) is 5.02. The van der Waals surface area contributed by atoms with Gasteiger partial charge in [0.05, 0.1) is 5.69 Å². The number of esters is 1. The number of ether oxygens (including phenoxy) is 2. The number of halogens is 1. The number of thiazole rings is 1. The molecule has 0 aliphatic carbocycles. The van der Waals surface area contributed by atoms with Gasteiger partial charge < -0.3 is 9.47 Å². The fourth-order valence-electron chi connectivity index (χ4n) is 1.94. The second-order valence-corrected chi connectivity index (χ2v) is 7.06. The molecule has 0 radical (unpaired) electrons. The fraction of sp³-hybridized carbons (Fsp3) is 0.176. The van der Waals surface area contributed by atoms with Crippen molar-refractivity contribution in [3.05, 3.63) is 56.7 Å². The molecule has 3 aromatic rings. The number of aryl methyl sites for hydroxylation is 1. The number of carbonyl (C=O) groups is 1. The first-order valence-electron chi connectivity index (χ1n) is 7.13. The molecule has 7 heteroatoms. The molecule has 0 N–H and O–H groups in total. The normalized spacial score (nSPS) is 10.6. The van der Waals surface area contributed by atoms with E-state index in [1.54, 1.807) is 29.5 Å². The molecule has 0 saturated heterocycles. The molecule has 3 rings (SSSR count). The van der Waals surface area contributed by atoms with Gasteiger partial charge >= 0.3 is 5.97 Å². The zero-order valence-corrected chi connectivity index (χ0v) is 15.2. The van der Waals surface area contributed by atoms with Gasteiger partial charge in [-0.3, -0.25) is 0 Å². The Morgan fingerprint density at radius 3 is 2.92 bits per heavy atom. The lowest BCUT2D eigenvalue weighted by Crippen LogP contribution is -2.14. The molecule has 4 nitrogen and oxygen atoms in total. The molecule has 24 heavy (non-hydrogen) atoms. The van der Waals surface area contributed by atoms with Crippen LogP contribution in [0.4, 0.5) is 0 Å². The first-order chi connectivity index (χ1) is 11.6. The Morgan fingerprint density at radius 2 is 2.17 bits per heavy atom. The summed E-state index contributed by atoms with van der Waals surface area (Å²) < 4.78 is 10.6. The van der Waals surface area contributed by atoms with Gasteiger partial charge in [-0.1, -0.05) is 11.6 Å². The van der Waals surface area contributed by atoms with Crippen LogP contribution >= 0.6 is 34.3 Å². The third kappa shape index (κ3) is 4.35. The molecule has 0 spiro atoms. The van der Waals surface area contributed by atoms with Crippen molar-refractivity contribution in [3.8, 4) is 16.3 Å². The van der Waals surface area contributed by atoms with E-state index < -0.39 is 5.97 Å². The van der Waals surface area contributed by atoms with Crippen molar-refractivity contribution in [3.63, 3.8) is 0 Å². The van der Waals surface area contributed by atoms with Crippen molar-refractivity contribution < 1.29 is 14.3 Å². The van der Waals surface area contributed by atoms with E-state index in [9.17, 15) is 4.79 Å². The van der Waals surface area contributed by atoms with Crippen LogP contribution < -0.4 is 4.74 Å². The van der Waals surface area contributed by atoms with E-state index >= 15 is 0 Å². The van der Waals surface area contributed by atoms with Crippen molar-refractivity contribution in [1.82, 2.24) is 4.98 Å². The molecule has 1 aromatic carbocycles. The molecular formula is C17H14ClNO3S2. The number of hydrogen-bond acceptors (Lipinski definition) is 6. The van der Waals surface area contributed by atoms with Crippen molar-refractivity contribution in [2.45, 2.75) is 13.5 Å². The predicted molar refractivity (Wildman–Crippen MR) is 96.9 cm³/mol. The lowest BCUT2D eigenvalue weighted by molar-refractivity contribution is -0.147. The minimum atomic E-state index is -0.437. The molecule has 2 aromatic heterocycles. The second kappa shape index (κ2) is 7.79. The van der Waals surface area contributed by atoms with Crippen molar-refractivity contribution >= 4 is 40.2 Å².